The van der Waals surface area contributed by atoms with Gasteiger partial charge in [0.05, 0.1) is 21.3 Å². The van der Waals surface area contributed by atoms with Gasteiger partial charge in [-0.15, -0.1) is 0 Å². The minimum atomic E-state index is -1.54. The van der Waals surface area contributed by atoms with Gasteiger partial charge in [0.25, 0.3) is 0 Å². The van der Waals surface area contributed by atoms with Crippen molar-refractivity contribution < 1.29 is 42.6 Å². The van der Waals surface area contributed by atoms with E-state index < -0.39 is 59.5 Å². The summed E-state index contributed by atoms with van der Waals surface area (Å²) in [6.45, 7) is 2.53. The standard InChI is InChI=1S/C21H27FN2O8/c1-11(16(19(27)30-3)20(28)31-4)17(21(29)32-5)24-18(26)15(23-12(2)25)10-13-8-6-7-9-14(13)22/h6-9,11,15-17H,10H2,1-5H3,(H,23,25)(H,24,26)/t11-,15+,17+/m0/s1. The number of halogens is 1. The number of rotatable bonds is 10. The summed E-state index contributed by atoms with van der Waals surface area (Å²) in [6.07, 6.45) is -0.211. The van der Waals surface area contributed by atoms with Crippen LogP contribution in [0, 0.1) is 17.7 Å². The molecular formula is C21H27FN2O8. The molecule has 1 aromatic carbocycles. The lowest BCUT2D eigenvalue weighted by molar-refractivity contribution is -0.163. The van der Waals surface area contributed by atoms with E-state index in [9.17, 15) is 28.4 Å². The van der Waals surface area contributed by atoms with E-state index in [2.05, 4.69) is 20.1 Å². The molecule has 0 aliphatic carbocycles. The molecule has 0 saturated carbocycles. The Bertz CT molecular complexity index is 844. The third-order valence-electron chi connectivity index (χ3n) is 4.79. The molecule has 2 amide bonds. The first-order chi connectivity index (χ1) is 15.1. The van der Waals surface area contributed by atoms with Crippen LogP contribution in [0.5, 0.6) is 0 Å². The minimum Gasteiger partial charge on any atom is -0.468 e. The third kappa shape index (κ3) is 7.03. The third-order valence-corrected chi connectivity index (χ3v) is 4.79. The zero-order chi connectivity index (χ0) is 24.4. The second-order valence-electron chi connectivity index (χ2n) is 6.94. The van der Waals surface area contributed by atoms with Crippen LogP contribution in [0.3, 0.4) is 0 Å². The Balaban J connectivity index is 3.23. The molecule has 0 heterocycles. The number of carbonyl (C=O) groups is 5. The number of methoxy groups -OCH3 is 3. The Morgan fingerprint density at radius 3 is 1.91 bits per heavy atom. The average Bonchev–Trinajstić information content (AvgIpc) is 2.76. The molecule has 10 nitrogen and oxygen atoms in total. The van der Waals surface area contributed by atoms with Crippen LogP contribution in [0.25, 0.3) is 0 Å². The Labute approximate surface area is 184 Å². The molecule has 0 aliphatic rings. The fourth-order valence-corrected chi connectivity index (χ4v) is 3.10. The van der Waals surface area contributed by atoms with E-state index in [0.717, 1.165) is 21.3 Å². The first kappa shape index (κ1) is 26.5. The maximum Gasteiger partial charge on any atom is 0.328 e. The second-order valence-corrected chi connectivity index (χ2v) is 6.94. The van der Waals surface area contributed by atoms with E-state index in [0.29, 0.717) is 0 Å². The molecule has 2 N–H and O–H groups in total. The number of carbonyl (C=O) groups excluding carboxylic acids is 5. The maximum atomic E-state index is 14.1. The number of hydrogen-bond donors (Lipinski definition) is 2. The molecule has 0 aromatic heterocycles. The van der Waals surface area contributed by atoms with Crippen LogP contribution in [0.2, 0.25) is 0 Å². The van der Waals surface area contributed by atoms with Crippen LogP contribution >= 0.6 is 0 Å². The van der Waals surface area contributed by atoms with Crippen molar-refractivity contribution in [2.24, 2.45) is 11.8 Å². The van der Waals surface area contributed by atoms with Crippen LogP contribution in [0.15, 0.2) is 24.3 Å². The van der Waals surface area contributed by atoms with Gasteiger partial charge < -0.3 is 24.8 Å². The summed E-state index contributed by atoms with van der Waals surface area (Å²) in [5, 5.41) is 4.79. The molecule has 0 unspecified atom stereocenters. The van der Waals surface area contributed by atoms with Crippen molar-refractivity contribution in [2.45, 2.75) is 32.4 Å². The topological polar surface area (TPSA) is 137 Å². The molecule has 0 aliphatic heterocycles. The lowest BCUT2D eigenvalue weighted by Crippen LogP contribution is -2.56. The lowest BCUT2D eigenvalue weighted by atomic mass is 9.87. The minimum absolute atomic E-state index is 0.158. The molecule has 0 fully saturated rings. The number of esters is 3. The zero-order valence-corrected chi connectivity index (χ0v) is 18.5. The number of nitrogens with one attached hydrogen (secondary N) is 2. The molecule has 11 heteroatoms. The molecule has 3 atom stereocenters. The monoisotopic (exact) mass is 454 g/mol. The largest absolute Gasteiger partial charge is 0.468 e. The first-order valence-electron chi connectivity index (χ1n) is 9.61. The second kappa shape index (κ2) is 12.4. The number of hydrogen-bond acceptors (Lipinski definition) is 8. The van der Waals surface area contributed by atoms with E-state index in [-0.39, 0.29) is 12.0 Å². The Kier molecular flexibility index (Phi) is 10.3. The van der Waals surface area contributed by atoms with Crippen LogP contribution < -0.4 is 10.6 Å². The number of amides is 2. The predicted octanol–water partition coefficient (Wildman–Crippen LogP) is 0.129. The van der Waals surface area contributed by atoms with E-state index >= 15 is 0 Å². The quantitative estimate of drug-likeness (QED) is 0.289. The van der Waals surface area contributed by atoms with Crippen molar-refractivity contribution in [3.05, 3.63) is 35.6 Å². The van der Waals surface area contributed by atoms with Gasteiger partial charge in [0, 0.05) is 19.3 Å². The van der Waals surface area contributed by atoms with Crippen molar-refractivity contribution >= 4 is 29.7 Å². The predicted molar refractivity (Wildman–Crippen MR) is 108 cm³/mol. The van der Waals surface area contributed by atoms with E-state index in [1.54, 1.807) is 6.07 Å². The van der Waals surface area contributed by atoms with Gasteiger partial charge in [-0.25, -0.2) is 9.18 Å². The molecule has 0 bridgehead atoms. The Morgan fingerprint density at radius 2 is 1.44 bits per heavy atom. The van der Waals surface area contributed by atoms with Crippen molar-refractivity contribution in [3.63, 3.8) is 0 Å². The van der Waals surface area contributed by atoms with Crippen molar-refractivity contribution in [3.8, 4) is 0 Å². The van der Waals surface area contributed by atoms with Crippen LogP contribution in [0.1, 0.15) is 19.4 Å². The van der Waals surface area contributed by atoms with Gasteiger partial charge in [0.15, 0.2) is 5.92 Å². The molecule has 176 valence electrons. The van der Waals surface area contributed by atoms with Crippen molar-refractivity contribution in [2.75, 3.05) is 21.3 Å². The molecular weight excluding hydrogens is 427 g/mol. The number of ether oxygens (including phenoxy) is 3. The summed E-state index contributed by atoms with van der Waals surface area (Å²) in [5.74, 6) is -7.57. The fourth-order valence-electron chi connectivity index (χ4n) is 3.10. The molecule has 1 rings (SSSR count). The first-order valence-corrected chi connectivity index (χ1v) is 9.61. The zero-order valence-electron chi connectivity index (χ0n) is 18.5. The molecule has 0 saturated heterocycles. The SMILES string of the molecule is COC(=O)C(C(=O)OC)[C@H](C)[C@@H](NC(=O)[C@@H](Cc1ccccc1F)NC(C)=O)C(=O)OC. The van der Waals surface area contributed by atoms with Crippen molar-refractivity contribution in [1.29, 1.82) is 0 Å². The molecule has 0 radical (unpaired) electrons. The molecule has 0 spiro atoms. The van der Waals surface area contributed by atoms with Crippen LogP contribution in [0.4, 0.5) is 4.39 Å². The Morgan fingerprint density at radius 1 is 0.906 bits per heavy atom. The molecule has 1 aromatic rings. The normalized spacial score (nSPS) is 13.3. The van der Waals surface area contributed by atoms with Crippen LogP contribution in [-0.2, 0) is 44.6 Å². The summed E-state index contributed by atoms with van der Waals surface area (Å²) in [7, 11) is 3.17. The Hall–Kier alpha value is -3.50. The van der Waals surface area contributed by atoms with Gasteiger partial charge in [-0.05, 0) is 11.6 Å². The van der Waals surface area contributed by atoms with Gasteiger partial charge in [0.2, 0.25) is 11.8 Å². The smallest absolute Gasteiger partial charge is 0.328 e. The summed E-state index contributed by atoms with van der Waals surface area (Å²) < 4.78 is 28.0. The fraction of sp³-hybridized carbons (Fsp3) is 0.476. The highest BCUT2D eigenvalue weighted by molar-refractivity contribution is 5.97. The van der Waals surface area contributed by atoms with Gasteiger partial charge in [-0.3, -0.25) is 19.2 Å². The van der Waals surface area contributed by atoms with E-state index in [1.807, 2.05) is 0 Å². The van der Waals surface area contributed by atoms with Gasteiger partial charge in [-0.1, -0.05) is 25.1 Å². The summed E-state index contributed by atoms with van der Waals surface area (Å²) in [4.78, 5) is 61.2. The average molecular weight is 454 g/mol. The lowest BCUT2D eigenvalue weighted by Gasteiger charge is -2.28. The van der Waals surface area contributed by atoms with Gasteiger partial charge in [0.1, 0.15) is 17.9 Å². The molecule has 32 heavy (non-hydrogen) atoms. The summed E-state index contributed by atoms with van der Waals surface area (Å²) in [6, 6.07) is 2.96. The van der Waals surface area contributed by atoms with Crippen LogP contribution in [-0.4, -0.2) is 63.1 Å². The summed E-state index contributed by atoms with van der Waals surface area (Å²) >= 11 is 0. The number of benzene rings is 1. The van der Waals surface area contributed by atoms with E-state index in [4.69, 9.17) is 4.74 Å². The summed E-state index contributed by atoms with van der Waals surface area (Å²) in [5.41, 5.74) is 0.158. The van der Waals surface area contributed by atoms with Gasteiger partial charge >= 0.3 is 17.9 Å². The maximum absolute atomic E-state index is 14.1. The van der Waals surface area contributed by atoms with E-state index in [1.165, 1.54) is 32.0 Å². The van der Waals surface area contributed by atoms with Crippen molar-refractivity contribution in [1.82, 2.24) is 10.6 Å². The van der Waals surface area contributed by atoms with Gasteiger partial charge in [-0.2, -0.15) is 0 Å². The highest BCUT2D eigenvalue weighted by Gasteiger charge is 2.43. The highest BCUT2D eigenvalue weighted by atomic mass is 19.1. The highest BCUT2D eigenvalue weighted by Crippen LogP contribution is 2.21.